The lowest BCUT2D eigenvalue weighted by molar-refractivity contribution is -0.192. The molecule has 11 rings (SSSR count). The summed E-state index contributed by atoms with van der Waals surface area (Å²) in [5.41, 5.74) is 23.1. The molecule has 36 heteroatoms. The molecule has 36 nitrogen and oxygen atoms in total. The molecule has 9 N–H and O–H groups in total. The van der Waals surface area contributed by atoms with Crippen LogP contribution in [-0.4, -0.2) is 234 Å². The maximum absolute atomic E-state index is 12.5. The highest BCUT2D eigenvalue weighted by molar-refractivity contribution is 5.97. The van der Waals surface area contributed by atoms with Crippen LogP contribution in [0.5, 0.6) is 0 Å². The summed E-state index contributed by atoms with van der Waals surface area (Å²) in [5, 5.41) is 10.6. The summed E-state index contributed by atoms with van der Waals surface area (Å²) in [5.74, 6) is -2.81. The maximum atomic E-state index is 12.5. The molecular weight excluding hydrogens is 1630 g/mol. The third-order valence-electron chi connectivity index (χ3n) is 19.3. The number of ether oxygens (including phenoxy) is 17. The van der Waals surface area contributed by atoms with E-state index in [4.69, 9.17) is 86.9 Å². The summed E-state index contributed by atoms with van der Waals surface area (Å²) in [6, 6.07) is 57.4. The maximum Gasteiger partial charge on any atom is 0.335 e. The molecule has 125 heavy (non-hydrogen) atoms. The Balaban J connectivity index is 0.000000779. The first-order chi connectivity index (χ1) is 57.5. The number of rotatable bonds is 31. The number of carbonyl (C=O) groups excluding carboxylic acids is 8. The topological polar surface area (TPSA) is 529 Å². The minimum atomic E-state index is -0.697. The summed E-state index contributed by atoms with van der Waals surface area (Å²) in [4.78, 5) is 96.5. The number of hydrogen-bond acceptors (Lipinski definition) is 28. The van der Waals surface area contributed by atoms with Crippen molar-refractivity contribution in [2.24, 2.45) is 16.1 Å². The number of Topliss-reactive ketones (excluding diaryl/α,β-unsaturated/α-hetero) is 1. The molecular formula is C89H125N7O29. The molecule has 690 valence electrons. The third kappa shape index (κ3) is 41.3. The number of nitrogens with zero attached hydrogens (tertiary/aromatic N) is 6. The lowest BCUT2D eigenvalue weighted by Gasteiger charge is -2.40. The average molecular weight is 1760 g/mol. The number of nitrogens with one attached hydrogen (secondary N) is 1. The minimum absolute atomic E-state index is 0. The van der Waals surface area contributed by atoms with Crippen LogP contribution in [0.4, 0.5) is 0 Å². The zero-order valence-corrected chi connectivity index (χ0v) is 70.5. The smallest absolute Gasteiger partial charge is 0.335 e. The highest BCUT2D eigenvalue weighted by Gasteiger charge is 2.42. The molecule has 0 spiro atoms. The van der Waals surface area contributed by atoms with Crippen LogP contribution in [0.25, 0.3) is 20.9 Å². The van der Waals surface area contributed by atoms with Crippen LogP contribution in [0.2, 0.25) is 0 Å². The number of esters is 7. The summed E-state index contributed by atoms with van der Waals surface area (Å²) < 4.78 is 93.1. The predicted molar refractivity (Wildman–Crippen MR) is 457 cm³/mol. The van der Waals surface area contributed by atoms with Crippen LogP contribution in [0.3, 0.4) is 0 Å². The Morgan fingerprint density at radius 3 is 1.19 bits per heavy atom. The summed E-state index contributed by atoms with van der Waals surface area (Å²) in [7, 11) is 2.67. The van der Waals surface area contributed by atoms with Gasteiger partial charge in [-0.2, -0.15) is 0 Å². The number of benzene rings is 6. The SMILES string of the molecule is C.C.CC(=O)OCC1CC(OC(C)=O)C(N=[N+]=[N-])CO1.CC(=O)OCC1CC(OCc2ccccc2)C(NCC(=O)c2ccccc2)[C@@H](C)O1.CC(=O)OCC1OCC(N=[N+]=[N-])C(OCc2ccccc2)[C@@H]1C.COC(=O)C1CC(OCc2ccccc2)C(OC(C)=O)CO1.COC(=O)C1CC(OCc2ccccc2)C(OCc2ccccc2)CO1.O.O.O.O. The third-order valence-corrected chi connectivity index (χ3v) is 19.3. The van der Waals surface area contributed by atoms with Gasteiger partial charge in [0.1, 0.15) is 38.1 Å². The van der Waals surface area contributed by atoms with E-state index in [1.54, 1.807) is 0 Å². The number of carbonyl (C=O) groups is 8. The van der Waals surface area contributed by atoms with Gasteiger partial charge in [-0.1, -0.05) is 214 Å². The van der Waals surface area contributed by atoms with Gasteiger partial charge in [0.05, 0.1) is 141 Å². The molecule has 17 atom stereocenters. The van der Waals surface area contributed by atoms with E-state index in [1.165, 1.54) is 48.8 Å². The molecule has 6 aromatic carbocycles. The summed E-state index contributed by atoms with van der Waals surface area (Å²) in [6.07, 6.45) is -3.22. The fraction of sp³-hybridized carbons (Fsp3) is 0.506. The first-order valence-electron chi connectivity index (χ1n) is 39.2. The van der Waals surface area contributed by atoms with Crippen molar-refractivity contribution in [3.05, 3.63) is 236 Å². The Morgan fingerprint density at radius 1 is 0.408 bits per heavy atom. The zero-order valence-electron chi connectivity index (χ0n) is 70.5. The van der Waals surface area contributed by atoms with Crippen molar-refractivity contribution in [1.82, 2.24) is 5.32 Å². The van der Waals surface area contributed by atoms with Gasteiger partial charge in [0.25, 0.3) is 0 Å². The largest absolute Gasteiger partial charge is 0.467 e. The van der Waals surface area contributed by atoms with Crippen LogP contribution >= 0.6 is 0 Å². The standard InChI is InChI=1S/C24H29NO5.C21H24O5.C16H21N3O4.C16H20O6.C10H15N3O5.2CH4.4H2O/c1-17-24(25-14-22(27)20-11-7-4-8-12-20)23(13-21(30-17)16-28-18(2)26)29-15-19-9-5-3-6-10-19;1-23-21(22)19-12-18(24-13-16-8-4-2-5-9-16)20(15-26-19)25-14-17-10-6-3-7-11-17;1-11-15(10-21-12(2)20)22-9-14(18-19-17)16(11)23-8-13-6-4-3-5-7-13;1-11(17)22-15-10-21-14(16(18)19-2)8-13(15)20-9-12-6-4-3-5-7-12;1-6(14)16-4-8-3-10(18-7(2)15)9(5-17-8)12-13-11;;;;;;/h3-12,17,21,23-25H,13-16H2,1-2H3;2-11,18-20H,12-15H2,1H3;3-7,11,14-16H,8-10H2,1-2H3;3-7,13-15H,8-10H2,1-2H3;8-10H,3-5H2,1-2H3;2*1H4;4*1H2/t17-,21?,23?,24?;;11-,14?,15?,16?;;;;;;;;/m1.1......../s1. The highest BCUT2D eigenvalue weighted by Crippen LogP contribution is 2.30. The Morgan fingerprint density at radius 2 is 0.768 bits per heavy atom. The van der Waals surface area contributed by atoms with Gasteiger partial charge in [-0.25, -0.2) is 9.59 Å². The van der Waals surface area contributed by atoms with Crippen LogP contribution in [-0.2, 0) is 147 Å². The Hall–Kier alpha value is -10.7. The second-order valence-electron chi connectivity index (χ2n) is 28.3. The van der Waals surface area contributed by atoms with E-state index >= 15 is 0 Å². The second kappa shape index (κ2) is 62.4. The lowest BCUT2D eigenvalue weighted by Crippen LogP contribution is -2.57. The summed E-state index contributed by atoms with van der Waals surface area (Å²) >= 11 is 0. The highest BCUT2D eigenvalue weighted by atomic mass is 16.6. The zero-order chi connectivity index (χ0) is 85.7. The van der Waals surface area contributed by atoms with E-state index in [9.17, 15) is 38.4 Å². The molecule has 5 aliphatic heterocycles. The monoisotopic (exact) mass is 1760 g/mol. The average Bonchev–Trinajstić information content (AvgIpc) is 0.825. The molecule has 0 radical (unpaired) electrons. The van der Waals surface area contributed by atoms with Gasteiger partial charge in [0, 0.05) is 81.6 Å². The van der Waals surface area contributed by atoms with E-state index in [2.05, 4.69) is 30.1 Å². The Bertz CT molecular complexity index is 4130. The predicted octanol–water partition coefficient (Wildman–Crippen LogP) is 9.51. The van der Waals surface area contributed by atoms with Crippen molar-refractivity contribution in [2.75, 3.05) is 67.0 Å². The van der Waals surface area contributed by atoms with Gasteiger partial charge in [-0.3, -0.25) is 28.8 Å². The van der Waals surface area contributed by atoms with E-state index in [-0.39, 0.29) is 174 Å². The van der Waals surface area contributed by atoms with E-state index in [1.807, 2.05) is 196 Å². The minimum Gasteiger partial charge on any atom is -0.467 e. The fourth-order valence-corrected chi connectivity index (χ4v) is 13.2. The molecule has 5 saturated heterocycles. The van der Waals surface area contributed by atoms with E-state index in [0.29, 0.717) is 64.5 Å². The molecule has 0 amide bonds. The number of ketones is 1. The van der Waals surface area contributed by atoms with Crippen LogP contribution in [0, 0.1) is 5.92 Å². The first kappa shape index (κ1) is 112. The van der Waals surface area contributed by atoms with Crippen LogP contribution < -0.4 is 5.32 Å². The fourth-order valence-electron chi connectivity index (χ4n) is 13.2. The normalized spacial score (nSPS) is 23.6. The van der Waals surface area contributed by atoms with Crippen molar-refractivity contribution < 1.29 is 141 Å². The lowest BCUT2D eigenvalue weighted by atomic mass is 9.90. The van der Waals surface area contributed by atoms with E-state index < -0.39 is 66.5 Å². The molecule has 15 unspecified atom stereocenters. The number of hydrogen-bond donors (Lipinski definition) is 1. The number of azide groups is 2. The first-order valence-corrected chi connectivity index (χ1v) is 39.2. The van der Waals surface area contributed by atoms with Crippen molar-refractivity contribution in [3.8, 4) is 0 Å². The van der Waals surface area contributed by atoms with Crippen molar-refractivity contribution in [2.45, 2.75) is 220 Å². The van der Waals surface area contributed by atoms with E-state index in [0.717, 1.165) is 27.8 Å². The molecule has 5 aliphatic rings. The van der Waals surface area contributed by atoms with Gasteiger partial charge in [-0.15, -0.1) is 0 Å². The molecule has 6 aromatic rings. The van der Waals surface area contributed by atoms with Gasteiger partial charge < -0.3 is 108 Å². The molecule has 5 heterocycles. The molecule has 0 saturated carbocycles. The van der Waals surface area contributed by atoms with Crippen molar-refractivity contribution >= 4 is 47.6 Å². The molecule has 0 aromatic heterocycles. The van der Waals surface area contributed by atoms with Gasteiger partial charge in [0.2, 0.25) is 0 Å². The summed E-state index contributed by atoms with van der Waals surface area (Å²) in [6.45, 7) is 14.2. The van der Waals surface area contributed by atoms with Gasteiger partial charge in [-0.05, 0) is 45.8 Å². The van der Waals surface area contributed by atoms with Crippen molar-refractivity contribution in [3.63, 3.8) is 0 Å². The number of methoxy groups -OCH3 is 2. The van der Waals surface area contributed by atoms with Gasteiger partial charge in [0.15, 0.2) is 24.1 Å². The molecule has 5 fully saturated rings. The van der Waals surface area contributed by atoms with Crippen molar-refractivity contribution in [1.29, 1.82) is 0 Å². The van der Waals surface area contributed by atoms with Gasteiger partial charge >= 0.3 is 41.8 Å². The Kier molecular flexibility index (Phi) is 56.1. The van der Waals surface area contributed by atoms with Crippen LogP contribution in [0.1, 0.15) is 127 Å². The van der Waals surface area contributed by atoms with Crippen LogP contribution in [0.15, 0.2) is 192 Å². The molecule has 0 bridgehead atoms. The second-order valence-corrected chi connectivity index (χ2v) is 28.3. The molecule has 0 aliphatic carbocycles. The quantitative estimate of drug-likeness (QED) is 0.0106. The Labute approximate surface area is 729 Å².